The summed E-state index contributed by atoms with van der Waals surface area (Å²) in [5.41, 5.74) is 0.855. The highest BCUT2D eigenvalue weighted by molar-refractivity contribution is 7.99. The maximum atomic E-state index is 13.2. The minimum absolute atomic E-state index is 0.0944. The lowest BCUT2D eigenvalue weighted by atomic mass is 10.1. The van der Waals surface area contributed by atoms with Crippen molar-refractivity contribution in [2.45, 2.75) is 30.1 Å². The lowest BCUT2D eigenvalue weighted by Crippen LogP contribution is -2.30. The van der Waals surface area contributed by atoms with E-state index >= 15 is 0 Å². The molecule has 8 heteroatoms. The van der Waals surface area contributed by atoms with Crippen molar-refractivity contribution in [3.05, 3.63) is 64.4 Å². The first-order valence-electron chi connectivity index (χ1n) is 8.31. The lowest BCUT2D eigenvalue weighted by Gasteiger charge is -2.18. The molecule has 26 heavy (non-hydrogen) atoms. The summed E-state index contributed by atoms with van der Waals surface area (Å²) < 4.78 is 15.3. The molecule has 1 saturated carbocycles. The third-order valence-electron chi connectivity index (χ3n) is 4.15. The molecule has 0 saturated heterocycles. The van der Waals surface area contributed by atoms with E-state index in [1.54, 1.807) is 29.8 Å². The second-order valence-electron chi connectivity index (χ2n) is 6.11. The summed E-state index contributed by atoms with van der Waals surface area (Å²) in [6.45, 7) is 0. The van der Waals surface area contributed by atoms with Gasteiger partial charge in [0.05, 0.1) is 11.8 Å². The average molecular weight is 388 g/mol. The van der Waals surface area contributed by atoms with Gasteiger partial charge >= 0.3 is 0 Å². The molecule has 1 aromatic carbocycles. The van der Waals surface area contributed by atoms with Crippen molar-refractivity contribution in [2.24, 2.45) is 0 Å². The molecule has 5 nitrogen and oxygen atoms in total. The molecule has 0 aliphatic heterocycles. The number of nitrogens with one attached hydrogen (secondary N) is 1. The van der Waals surface area contributed by atoms with Crippen molar-refractivity contribution in [1.29, 1.82) is 0 Å². The molecule has 1 aliphatic rings. The summed E-state index contributed by atoms with van der Waals surface area (Å²) >= 11 is 2.95. The molecule has 0 radical (unpaired) electrons. The number of thioether (sulfide) groups is 1. The molecular formula is C18H17FN4OS2. The summed E-state index contributed by atoms with van der Waals surface area (Å²) in [4.78, 5) is 13.5. The van der Waals surface area contributed by atoms with Gasteiger partial charge in [0, 0.05) is 10.9 Å². The van der Waals surface area contributed by atoms with Gasteiger partial charge < -0.3 is 9.88 Å². The van der Waals surface area contributed by atoms with Crippen molar-refractivity contribution in [3.63, 3.8) is 0 Å². The largest absolute Gasteiger partial charge is 0.344 e. The van der Waals surface area contributed by atoms with Crippen molar-refractivity contribution in [3.8, 4) is 0 Å². The smallest absolute Gasteiger partial charge is 0.231 e. The predicted octanol–water partition coefficient (Wildman–Crippen LogP) is 3.81. The quantitative estimate of drug-likeness (QED) is 0.625. The van der Waals surface area contributed by atoms with Gasteiger partial charge in [-0.1, -0.05) is 30.0 Å². The fraction of sp³-hybridized carbons (Fsp3) is 0.278. The molecule has 2 aromatic heterocycles. The Morgan fingerprint density at radius 3 is 2.85 bits per heavy atom. The van der Waals surface area contributed by atoms with E-state index in [2.05, 4.69) is 15.5 Å². The zero-order valence-electron chi connectivity index (χ0n) is 13.8. The number of carbonyl (C=O) groups excluding carboxylic acids is 1. The third kappa shape index (κ3) is 3.96. The van der Waals surface area contributed by atoms with Crippen LogP contribution in [0.4, 0.5) is 4.39 Å². The molecule has 1 N–H and O–H groups in total. The number of amides is 1. The maximum Gasteiger partial charge on any atom is 0.231 e. The molecule has 0 spiro atoms. The molecule has 1 amide bonds. The molecular weight excluding hydrogens is 371 g/mol. The van der Waals surface area contributed by atoms with Gasteiger partial charge in [0.15, 0.2) is 5.16 Å². The first kappa shape index (κ1) is 17.2. The fourth-order valence-corrected chi connectivity index (χ4v) is 4.30. The number of hydrogen-bond donors (Lipinski definition) is 1. The lowest BCUT2D eigenvalue weighted by molar-refractivity contribution is -0.119. The van der Waals surface area contributed by atoms with E-state index in [0.717, 1.165) is 28.4 Å². The molecule has 4 rings (SSSR count). The highest BCUT2D eigenvalue weighted by atomic mass is 32.2. The van der Waals surface area contributed by atoms with Crippen LogP contribution < -0.4 is 5.32 Å². The number of benzene rings is 1. The first-order chi connectivity index (χ1) is 12.7. The molecule has 134 valence electrons. The molecule has 3 aromatic rings. The van der Waals surface area contributed by atoms with Crippen LogP contribution in [0.5, 0.6) is 0 Å². The summed E-state index contributed by atoms with van der Waals surface area (Å²) in [7, 11) is 0. The van der Waals surface area contributed by atoms with Gasteiger partial charge in [0.2, 0.25) is 5.91 Å². The highest BCUT2D eigenvalue weighted by Crippen LogP contribution is 2.37. The standard InChI is InChI=1S/C18H17FN4OS2/c19-13-5-3-12(4-6-13)17(15-2-1-9-25-15)21-16(24)10-26-18-22-20-11-23(18)14-7-8-14/h1-6,9,11,14,17H,7-8,10H2,(H,21,24)/t17-/m0/s1. The Balaban J connectivity index is 1.44. The van der Waals surface area contributed by atoms with Gasteiger partial charge in [0.25, 0.3) is 0 Å². The normalized spacial score (nSPS) is 15.0. The van der Waals surface area contributed by atoms with Gasteiger partial charge in [-0.05, 0) is 42.0 Å². The van der Waals surface area contributed by atoms with E-state index in [9.17, 15) is 9.18 Å². The predicted molar refractivity (Wildman–Crippen MR) is 99.7 cm³/mol. The topological polar surface area (TPSA) is 59.8 Å². The number of aromatic nitrogens is 3. The van der Waals surface area contributed by atoms with Gasteiger partial charge in [-0.15, -0.1) is 21.5 Å². The van der Waals surface area contributed by atoms with Crippen LogP contribution in [0.15, 0.2) is 53.3 Å². The zero-order valence-corrected chi connectivity index (χ0v) is 15.5. The second-order valence-corrected chi connectivity index (χ2v) is 8.03. The van der Waals surface area contributed by atoms with E-state index in [1.807, 2.05) is 22.1 Å². The van der Waals surface area contributed by atoms with Crippen LogP contribution in [0.2, 0.25) is 0 Å². The number of rotatable bonds is 7. The van der Waals surface area contributed by atoms with Crippen LogP contribution in [0, 0.1) is 5.82 Å². The second kappa shape index (κ2) is 7.59. The van der Waals surface area contributed by atoms with Crippen LogP contribution >= 0.6 is 23.1 Å². The Morgan fingerprint density at radius 2 is 2.15 bits per heavy atom. The number of halogens is 1. The van der Waals surface area contributed by atoms with E-state index in [0.29, 0.717) is 6.04 Å². The fourth-order valence-electron chi connectivity index (χ4n) is 2.70. The number of carbonyl (C=O) groups is 1. The summed E-state index contributed by atoms with van der Waals surface area (Å²) in [6, 6.07) is 10.3. The van der Waals surface area contributed by atoms with Gasteiger partial charge in [-0.25, -0.2) is 4.39 Å². The Hall–Kier alpha value is -2.19. The molecule has 1 aliphatic carbocycles. The summed E-state index contributed by atoms with van der Waals surface area (Å²) in [5.74, 6) is -0.128. The zero-order chi connectivity index (χ0) is 17.9. The summed E-state index contributed by atoms with van der Waals surface area (Å²) in [6.07, 6.45) is 4.01. The van der Waals surface area contributed by atoms with Crippen LogP contribution in [-0.2, 0) is 4.79 Å². The average Bonchev–Trinajstić information content (AvgIpc) is 3.15. The molecule has 1 atom stereocenters. The van der Waals surface area contributed by atoms with Crippen molar-refractivity contribution in [1.82, 2.24) is 20.1 Å². The van der Waals surface area contributed by atoms with Crippen molar-refractivity contribution in [2.75, 3.05) is 5.75 Å². The van der Waals surface area contributed by atoms with E-state index < -0.39 is 0 Å². The molecule has 2 heterocycles. The van der Waals surface area contributed by atoms with E-state index in [4.69, 9.17) is 0 Å². The Kier molecular flexibility index (Phi) is 5.03. The maximum absolute atomic E-state index is 13.2. The van der Waals surface area contributed by atoms with Gasteiger partial charge in [-0.2, -0.15) is 0 Å². The minimum Gasteiger partial charge on any atom is -0.344 e. The third-order valence-corrected chi connectivity index (χ3v) is 6.04. The van der Waals surface area contributed by atoms with Crippen LogP contribution in [0.1, 0.15) is 35.4 Å². The van der Waals surface area contributed by atoms with Crippen LogP contribution in [-0.4, -0.2) is 26.4 Å². The molecule has 0 unspecified atom stereocenters. The first-order valence-corrected chi connectivity index (χ1v) is 10.2. The Bertz CT molecular complexity index is 875. The minimum atomic E-state index is -0.292. The molecule has 1 fully saturated rings. The monoisotopic (exact) mass is 388 g/mol. The van der Waals surface area contributed by atoms with E-state index in [-0.39, 0.29) is 23.5 Å². The number of thiophene rings is 1. The van der Waals surface area contributed by atoms with Crippen LogP contribution in [0.3, 0.4) is 0 Å². The SMILES string of the molecule is O=C(CSc1nncn1C1CC1)N[C@@H](c1ccc(F)cc1)c1cccs1. The Morgan fingerprint density at radius 1 is 1.35 bits per heavy atom. The van der Waals surface area contributed by atoms with E-state index in [1.165, 1.54) is 23.9 Å². The number of nitrogens with zero attached hydrogens (tertiary/aromatic N) is 3. The molecule has 0 bridgehead atoms. The van der Waals surface area contributed by atoms with Crippen molar-refractivity contribution >= 4 is 29.0 Å². The van der Waals surface area contributed by atoms with Gasteiger partial charge in [-0.3, -0.25) is 4.79 Å². The highest BCUT2D eigenvalue weighted by Gasteiger charge is 2.26. The summed E-state index contributed by atoms with van der Waals surface area (Å²) in [5, 5.41) is 13.8. The Labute approximate surface area is 158 Å². The van der Waals surface area contributed by atoms with Gasteiger partial charge in [0.1, 0.15) is 12.1 Å². The van der Waals surface area contributed by atoms with Crippen molar-refractivity contribution < 1.29 is 9.18 Å². The van der Waals surface area contributed by atoms with Crippen LogP contribution in [0.25, 0.3) is 0 Å². The number of hydrogen-bond acceptors (Lipinski definition) is 5.